The first-order valence-corrected chi connectivity index (χ1v) is 12.2. The van der Waals surface area contributed by atoms with Crippen LogP contribution in [0.15, 0.2) is 42.5 Å². The fourth-order valence-electron chi connectivity index (χ4n) is 4.07. The third kappa shape index (κ3) is 6.87. The summed E-state index contributed by atoms with van der Waals surface area (Å²) in [5.41, 5.74) is 1.18. The maximum Gasteiger partial charge on any atom is 0.257 e. The van der Waals surface area contributed by atoms with Crippen LogP contribution in [0.5, 0.6) is 11.5 Å². The molecule has 1 aliphatic heterocycles. The van der Waals surface area contributed by atoms with E-state index in [1.54, 1.807) is 23.1 Å². The number of anilines is 1. The Labute approximate surface area is 207 Å². The van der Waals surface area contributed by atoms with Crippen molar-refractivity contribution in [2.24, 2.45) is 5.92 Å². The van der Waals surface area contributed by atoms with Gasteiger partial charge < -0.3 is 24.6 Å². The van der Waals surface area contributed by atoms with E-state index >= 15 is 0 Å². The molecule has 0 radical (unpaired) electrons. The van der Waals surface area contributed by atoms with E-state index in [2.05, 4.69) is 24.1 Å². The highest BCUT2D eigenvalue weighted by Gasteiger charge is 2.29. The number of piperidine rings is 1. The van der Waals surface area contributed by atoms with E-state index in [9.17, 15) is 9.59 Å². The molecule has 1 saturated heterocycles. The average molecular weight is 488 g/mol. The number of hydrogen-bond acceptors (Lipinski definition) is 5. The lowest BCUT2D eigenvalue weighted by atomic mass is 9.95. The molecule has 2 aromatic carbocycles. The van der Waals surface area contributed by atoms with Crippen molar-refractivity contribution in [3.05, 3.63) is 53.1 Å². The van der Waals surface area contributed by atoms with Gasteiger partial charge in [-0.3, -0.25) is 9.59 Å². The predicted molar refractivity (Wildman–Crippen MR) is 135 cm³/mol. The van der Waals surface area contributed by atoms with Crippen molar-refractivity contribution in [3.63, 3.8) is 0 Å². The average Bonchev–Trinajstić information content (AvgIpc) is 2.87. The van der Waals surface area contributed by atoms with Crippen molar-refractivity contribution < 1.29 is 19.1 Å². The number of nitrogens with one attached hydrogen (secondary N) is 1. The monoisotopic (exact) mass is 487 g/mol. The summed E-state index contributed by atoms with van der Waals surface area (Å²) >= 11 is 6.07. The van der Waals surface area contributed by atoms with Crippen LogP contribution in [0.3, 0.4) is 0 Å². The first-order valence-electron chi connectivity index (χ1n) is 11.8. The Kier molecular flexibility index (Phi) is 9.60. The van der Waals surface area contributed by atoms with Gasteiger partial charge in [0.25, 0.3) is 5.91 Å². The Morgan fingerprint density at radius 2 is 1.76 bits per heavy atom. The molecular formula is C26H34ClN3O4. The van der Waals surface area contributed by atoms with Gasteiger partial charge in [-0.2, -0.15) is 0 Å². The lowest BCUT2D eigenvalue weighted by Gasteiger charge is -2.31. The minimum absolute atomic E-state index is 0.0253. The number of methoxy groups -OCH3 is 1. The minimum Gasteiger partial charge on any atom is -0.496 e. The van der Waals surface area contributed by atoms with Crippen LogP contribution in [-0.4, -0.2) is 68.1 Å². The van der Waals surface area contributed by atoms with Gasteiger partial charge in [0.15, 0.2) is 0 Å². The molecule has 2 aromatic rings. The van der Waals surface area contributed by atoms with Crippen LogP contribution in [0.2, 0.25) is 5.02 Å². The summed E-state index contributed by atoms with van der Waals surface area (Å²) < 4.78 is 11.1. The molecule has 0 spiro atoms. The molecule has 0 unspecified atom stereocenters. The first kappa shape index (κ1) is 25.8. The zero-order valence-electron chi connectivity index (χ0n) is 20.2. The number of hydrogen-bond donors (Lipinski definition) is 1. The Morgan fingerprint density at radius 1 is 1.09 bits per heavy atom. The summed E-state index contributed by atoms with van der Waals surface area (Å²) in [6.45, 7) is 8.82. The topological polar surface area (TPSA) is 71.1 Å². The molecule has 184 valence electrons. The summed E-state index contributed by atoms with van der Waals surface area (Å²) in [5, 5.41) is 3.47. The molecule has 0 aromatic heterocycles. The second kappa shape index (κ2) is 12.6. The van der Waals surface area contributed by atoms with Crippen LogP contribution in [0, 0.1) is 5.92 Å². The van der Waals surface area contributed by atoms with E-state index in [-0.39, 0.29) is 17.7 Å². The molecule has 7 nitrogen and oxygen atoms in total. The van der Waals surface area contributed by atoms with Crippen molar-refractivity contribution in [2.75, 3.05) is 51.8 Å². The summed E-state index contributed by atoms with van der Waals surface area (Å²) in [6, 6.07) is 12.5. The molecule has 0 aliphatic carbocycles. The number of nitrogens with zero attached hydrogens (tertiary/aromatic N) is 2. The van der Waals surface area contributed by atoms with Gasteiger partial charge in [0.05, 0.1) is 12.7 Å². The van der Waals surface area contributed by atoms with Gasteiger partial charge in [-0.15, -0.1) is 0 Å². The van der Waals surface area contributed by atoms with Gasteiger partial charge in [-0.05, 0) is 68.4 Å². The van der Waals surface area contributed by atoms with Crippen LogP contribution in [0.1, 0.15) is 37.0 Å². The zero-order valence-corrected chi connectivity index (χ0v) is 20.9. The molecular weight excluding hydrogens is 454 g/mol. The lowest BCUT2D eigenvalue weighted by molar-refractivity contribution is -0.121. The van der Waals surface area contributed by atoms with Gasteiger partial charge in [0, 0.05) is 36.3 Å². The largest absolute Gasteiger partial charge is 0.496 e. The SMILES string of the molecule is CCN(CC)CCOc1ccc(NC(=O)C2CCN(C(=O)c3cc(Cl)ccc3OC)CC2)cc1. The molecule has 1 heterocycles. The van der Waals surface area contributed by atoms with E-state index in [1.807, 2.05) is 24.3 Å². The van der Waals surface area contributed by atoms with E-state index < -0.39 is 0 Å². The fraction of sp³-hybridized carbons (Fsp3) is 0.462. The Hall–Kier alpha value is -2.77. The molecule has 2 amide bonds. The van der Waals surface area contributed by atoms with Crippen LogP contribution in [0.25, 0.3) is 0 Å². The molecule has 1 aliphatic rings. The summed E-state index contributed by atoms with van der Waals surface area (Å²) in [7, 11) is 1.53. The number of likely N-dealkylation sites (tertiary alicyclic amines) is 1. The van der Waals surface area contributed by atoms with Crippen LogP contribution in [-0.2, 0) is 4.79 Å². The quantitative estimate of drug-likeness (QED) is 0.532. The van der Waals surface area contributed by atoms with Crippen molar-refractivity contribution >= 4 is 29.1 Å². The number of carbonyl (C=O) groups is 2. The summed E-state index contributed by atoms with van der Waals surface area (Å²) in [6.07, 6.45) is 1.21. The van der Waals surface area contributed by atoms with Crippen molar-refractivity contribution in [3.8, 4) is 11.5 Å². The lowest BCUT2D eigenvalue weighted by Crippen LogP contribution is -2.41. The predicted octanol–water partition coefficient (Wildman–Crippen LogP) is 4.56. The van der Waals surface area contributed by atoms with E-state index in [0.717, 1.165) is 31.1 Å². The third-order valence-electron chi connectivity index (χ3n) is 6.24. The smallest absolute Gasteiger partial charge is 0.257 e. The minimum atomic E-state index is -0.143. The number of halogens is 1. The maximum absolute atomic E-state index is 12.9. The fourth-order valence-corrected chi connectivity index (χ4v) is 4.25. The molecule has 1 N–H and O–H groups in total. The molecule has 8 heteroatoms. The van der Waals surface area contributed by atoms with Gasteiger partial charge in [-0.25, -0.2) is 0 Å². The second-order valence-corrected chi connectivity index (χ2v) is 8.74. The third-order valence-corrected chi connectivity index (χ3v) is 6.47. The number of rotatable bonds is 10. The Morgan fingerprint density at radius 3 is 2.38 bits per heavy atom. The molecule has 3 rings (SSSR count). The first-order chi connectivity index (χ1) is 16.4. The normalized spacial score (nSPS) is 14.2. The van der Waals surface area contributed by atoms with Crippen molar-refractivity contribution in [2.45, 2.75) is 26.7 Å². The number of ether oxygens (including phenoxy) is 2. The standard InChI is InChI=1S/C26H34ClN3O4/c1-4-29(5-2)16-17-34-22-9-7-21(8-10-22)28-25(31)19-12-14-30(15-13-19)26(32)23-18-20(27)6-11-24(23)33-3/h6-11,18-19H,4-5,12-17H2,1-3H3,(H,28,31). The van der Waals surface area contributed by atoms with Crippen LogP contribution < -0.4 is 14.8 Å². The number of benzene rings is 2. The summed E-state index contributed by atoms with van der Waals surface area (Å²) in [4.78, 5) is 29.8. The molecule has 34 heavy (non-hydrogen) atoms. The molecule has 1 fully saturated rings. The zero-order chi connectivity index (χ0) is 24.5. The van der Waals surface area contributed by atoms with Gasteiger partial charge in [-0.1, -0.05) is 25.4 Å². The highest BCUT2D eigenvalue weighted by molar-refractivity contribution is 6.31. The van der Waals surface area contributed by atoms with Crippen LogP contribution >= 0.6 is 11.6 Å². The number of amides is 2. The number of likely N-dealkylation sites (N-methyl/N-ethyl adjacent to an activating group) is 1. The Bertz CT molecular complexity index is 955. The van der Waals surface area contributed by atoms with E-state index in [4.69, 9.17) is 21.1 Å². The highest BCUT2D eigenvalue weighted by atomic mass is 35.5. The van der Waals surface area contributed by atoms with Crippen LogP contribution in [0.4, 0.5) is 5.69 Å². The highest BCUT2D eigenvalue weighted by Crippen LogP contribution is 2.27. The number of carbonyl (C=O) groups excluding carboxylic acids is 2. The van der Waals surface area contributed by atoms with E-state index in [1.165, 1.54) is 7.11 Å². The van der Waals surface area contributed by atoms with E-state index in [0.29, 0.717) is 48.9 Å². The van der Waals surface area contributed by atoms with Gasteiger partial charge in [0.1, 0.15) is 18.1 Å². The van der Waals surface area contributed by atoms with Crippen molar-refractivity contribution in [1.29, 1.82) is 0 Å². The molecule has 0 atom stereocenters. The van der Waals surface area contributed by atoms with Gasteiger partial charge in [0.2, 0.25) is 5.91 Å². The Balaban J connectivity index is 1.47. The maximum atomic E-state index is 12.9. The van der Waals surface area contributed by atoms with Gasteiger partial charge >= 0.3 is 0 Å². The molecule has 0 saturated carbocycles. The van der Waals surface area contributed by atoms with Crippen molar-refractivity contribution in [1.82, 2.24) is 9.80 Å². The summed E-state index contributed by atoms with van der Waals surface area (Å²) in [5.74, 6) is 0.982. The second-order valence-electron chi connectivity index (χ2n) is 8.30. The molecule has 0 bridgehead atoms.